The molecule has 0 amide bonds. The van der Waals surface area contributed by atoms with E-state index in [1.807, 2.05) is 64.8 Å². The molecule has 0 fully saturated rings. The number of hydrogen-bond acceptors (Lipinski definition) is 5. The molecule has 1 aliphatic heterocycles. The van der Waals surface area contributed by atoms with E-state index in [1.165, 1.54) is 0 Å². The number of benzene rings is 3. The fourth-order valence-electron chi connectivity index (χ4n) is 6.21. The first kappa shape index (κ1) is 32.5. The highest BCUT2D eigenvalue weighted by molar-refractivity contribution is 6.31. The lowest BCUT2D eigenvalue weighted by Gasteiger charge is -2.12. The van der Waals surface area contributed by atoms with Gasteiger partial charge in [0.25, 0.3) is 0 Å². The van der Waals surface area contributed by atoms with Gasteiger partial charge in [-0.2, -0.15) is 5.10 Å². The summed E-state index contributed by atoms with van der Waals surface area (Å²) < 4.78 is 16.0. The fourth-order valence-corrected chi connectivity index (χ4v) is 6.39. The van der Waals surface area contributed by atoms with Gasteiger partial charge in [0.2, 0.25) is 0 Å². The number of aromatic nitrogens is 3. The van der Waals surface area contributed by atoms with Crippen LogP contribution in [-0.4, -0.2) is 51.7 Å². The lowest BCUT2D eigenvalue weighted by Crippen LogP contribution is -2.12. The minimum absolute atomic E-state index is 0.366. The minimum Gasteiger partial charge on any atom is -0.493 e. The van der Waals surface area contributed by atoms with E-state index in [2.05, 4.69) is 32.2 Å². The number of fused-ring (bicyclic) bond motifs is 3. The van der Waals surface area contributed by atoms with E-state index in [9.17, 15) is 9.90 Å². The topological polar surface area (TPSA) is 90.5 Å². The zero-order chi connectivity index (χ0) is 31.9. The van der Waals surface area contributed by atoms with Gasteiger partial charge in [0.05, 0.1) is 24.4 Å². The molecule has 0 saturated heterocycles. The van der Waals surface area contributed by atoms with Crippen molar-refractivity contribution in [1.29, 1.82) is 0 Å². The molecule has 8 nitrogen and oxygen atoms in total. The summed E-state index contributed by atoms with van der Waals surface area (Å²) in [5.41, 5.74) is 6.12. The third-order valence-electron chi connectivity index (χ3n) is 8.36. The van der Waals surface area contributed by atoms with Crippen LogP contribution < -0.4 is 10.1 Å². The molecule has 2 N–H and O–H groups in total. The third kappa shape index (κ3) is 7.03. The van der Waals surface area contributed by atoms with E-state index in [0.29, 0.717) is 49.9 Å². The average Bonchev–Trinajstić information content (AvgIpc) is 3.49. The minimum atomic E-state index is -0.904. The molecule has 0 aliphatic carbocycles. The maximum Gasteiger partial charge on any atom is 0.352 e. The quantitative estimate of drug-likeness (QED) is 0.170. The van der Waals surface area contributed by atoms with Gasteiger partial charge in [-0.05, 0) is 80.9 Å². The number of halogens is 1. The van der Waals surface area contributed by atoms with Gasteiger partial charge >= 0.3 is 5.97 Å². The van der Waals surface area contributed by atoms with Gasteiger partial charge in [0.1, 0.15) is 11.4 Å². The molecule has 0 bridgehead atoms. The molecule has 0 radical (unpaired) electrons. The van der Waals surface area contributed by atoms with Crippen molar-refractivity contribution in [3.8, 4) is 16.9 Å². The molecule has 2 aromatic heterocycles. The van der Waals surface area contributed by atoms with Gasteiger partial charge in [-0.1, -0.05) is 55.8 Å². The number of hydrogen-bond donors (Lipinski definition) is 2. The van der Waals surface area contributed by atoms with Crippen molar-refractivity contribution in [2.75, 3.05) is 26.3 Å². The Morgan fingerprint density at radius 3 is 2.64 bits per heavy atom. The summed E-state index contributed by atoms with van der Waals surface area (Å²) in [5.74, 6) is -0.105. The van der Waals surface area contributed by atoms with Gasteiger partial charge in [-0.25, -0.2) is 4.79 Å². The Morgan fingerprint density at radius 2 is 1.89 bits per heavy atom. The molecule has 0 unspecified atom stereocenters. The molecule has 3 heterocycles. The highest BCUT2D eigenvalue weighted by atomic mass is 35.5. The van der Waals surface area contributed by atoms with E-state index >= 15 is 0 Å². The van der Waals surface area contributed by atoms with Crippen LogP contribution in [0.5, 0.6) is 5.75 Å². The molecule has 5 aromatic rings. The van der Waals surface area contributed by atoms with Crippen LogP contribution in [0.4, 0.5) is 0 Å². The number of nitrogens with zero attached hydrogens (tertiary/aromatic N) is 3. The number of para-hydroxylation sites is 1. The van der Waals surface area contributed by atoms with Crippen molar-refractivity contribution in [2.24, 2.45) is 7.05 Å². The summed E-state index contributed by atoms with van der Waals surface area (Å²) >= 11 is 6.17. The number of carboxylic acids is 1. The molecule has 0 spiro atoms. The number of aromatic carboxylic acids is 1. The number of ether oxygens (including phenoxy) is 2. The molecule has 6 rings (SSSR count). The summed E-state index contributed by atoms with van der Waals surface area (Å²) in [5, 5.41) is 22.0. The SMILES string of the molecule is CCNCC.Cc1c2c(nn1C)COCCCCn1c(C(=O)O)c(CCCOc3cccc4cc(Cl)ccc34)c3cccc-2c31. The van der Waals surface area contributed by atoms with E-state index in [4.69, 9.17) is 26.2 Å². The predicted molar refractivity (Wildman–Crippen MR) is 182 cm³/mol. The van der Waals surface area contributed by atoms with E-state index in [1.54, 1.807) is 0 Å². The molecule has 1 aliphatic rings. The standard InChI is InChI=1S/C32H32ClN3O4.C4H11N/c1-20-29-26-10-6-9-24-25(11-7-17-40-28-12-5-8-21-18-22(33)13-14-23(21)28)31(32(37)38)36(30(24)26)15-3-4-16-39-19-27(29)34-35(20)2;1-3-5-4-2/h5-6,8-10,12-14,18H,3-4,7,11,15-17,19H2,1-2H3,(H,37,38);5H,3-4H2,1-2H3. The van der Waals surface area contributed by atoms with Crippen molar-refractivity contribution in [3.63, 3.8) is 0 Å². The van der Waals surface area contributed by atoms with Gasteiger partial charge in [-0.15, -0.1) is 0 Å². The van der Waals surface area contributed by atoms with Gasteiger partial charge in [0.15, 0.2) is 0 Å². The fraction of sp³-hybridized carbons (Fsp3) is 0.389. The maximum absolute atomic E-state index is 12.8. The van der Waals surface area contributed by atoms with Crippen molar-refractivity contribution in [3.05, 3.63) is 82.3 Å². The van der Waals surface area contributed by atoms with Gasteiger partial charge < -0.3 is 24.5 Å². The predicted octanol–water partition coefficient (Wildman–Crippen LogP) is 7.79. The summed E-state index contributed by atoms with van der Waals surface area (Å²) in [7, 11) is 1.94. The van der Waals surface area contributed by atoms with Crippen LogP contribution in [0.25, 0.3) is 32.8 Å². The first-order chi connectivity index (χ1) is 21.8. The normalized spacial score (nSPS) is 13.2. The summed E-state index contributed by atoms with van der Waals surface area (Å²) in [6, 6.07) is 17.8. The average molecular weight is 631 g/mol. The number of carbonyl (C=O) groups is 1. The number of nitrogens with one attached hydrogen (secondary N) is 1. The lowest BCUT2D eigenvalue weighted by atomic mass is 9.98. The van der Waals surface area contributed by atoms with Crippen LogP contribution >= 0.6 is 11.6 Å². The van der Waals surface area contributed by atoms with Crippen LogP contribution in [-0.2, 0) is 31.4 Å². The second-order valence-corrected chi connectivity index (χ2v) is 11.7. The highest BCUT2D eigenvalue weighted by Crippen LogP contribution is 2.39. The Labute approximate surface area is 269 Å². The maximum atomic E-state index is 12.8. The molecule has 3 aromatic carbocycles. The molecule has 0 atom stereocenters. The Kier molecular flexibility index (Phi) is 10.8. The summed E-state index contributed by atoms with van der Waals surface area (Å²) in [4.78, 5) is 12.8. The number of aryl methyl sites for hydroxylation is 3. The van der Waals surface area contributed by atoms with Gasteiger partial charge in [0, 0.05) is 52.8 Å². The van der Waals surface area contributed by atoms with E-state index in [0.717, 1.165) is 81.4 Å². The highest BCUT2D eigenvalue weighted by Gasteiger charge is 2.27. The van der Waals surface area contributed by atoms with E-state index in [-0.39, 0.29) is 0 Å². The summed E-state index contributed by atoms with van der Waals surface area (Å²) in [6.45, 7) is 10.6. The molecule has 45 heavy (non-hydrogen) atoms. The number of carboxylic acid groups (broad SMARTS) is 1. The molecular weight excluding hydrogens is 588 g/mol. The second kappa shape index (κ2) is 15.0. The third-order valence-corrected chi connectivity index (χ3v) is 8.59. The molecular formula is C36H43ClN4O4. The summed E-state index contributed by atoms with van der Waals surface area (Å²) in [6.07, 6.45) is 2.95. The molecule has 0 saturated carbocycles. The Hall–Kier alpha value is -3.85. The smallest absolute Gasteiger partial charge is 0.352 e. The largest absolute Gasteiger partial charge is 0.493 e. The van der Waals surface area contributed by atoms with Crippen LogP contribution in [0.15, 0.2) is 54.6 Å². The van der Waals surface area contributed by atoms with E-state index < -0.39 is 5.97 Å². The van der Waals surface area contributed by atoms with Crippen LogP contribution in [0.1, 0.15) is 60.5 Å². The Balaban J connectivity index is 0.000000743. The second-order valence-electron chi connectivity index (χ2n) is 11.3. The van der Waals surface area contributed by atoms with Crippen molar-refractivity contribution in [1.82, 2.24) is 19.7 Å². The van der Waals surface area contributed by atoms with Gasteiger partial charge in [-0.3, -0.25) is 4.68 Å². The monoisotopic (exact) mass is 630 g/mol. The molecule has 238 valence electrons. The first-order valence-electron chi connectivity index (χ1n) is 15.8. The lowest BCUT2D eigenvalue weighted by molar-refractivity contribution is 0.0683. The Bertz CT molecular complexity index is 1790. The van der Waals surface area contributed by atoms with Crippen molar-refractivity contribution >= 4 is 39.2 Å². The van der Waals surface area contributed by atoms with Crippen LogP contribution in [0, 0.1) is 6.92 Å². The molecule has 9 heteroatoms. The Morgan fingerprint density at radius 1 is 1.09 bits per heavy atom. The van der Waals surface area contributed by atoms with Crippen molar-refractivity contribution < 1.29 is 19.4 Å². The zero-order valence-corrected chi connectivity index (χ0v) is 27.4. The number of rotatable bonds is 8. The van der Waals surface area contributed by atoms with Crippen LogP contribution in [0.2, 0.25) is 5.02 Å². The zero-order valence-electron chi connectivity index (χ0n) is 26.7. The van der Waals surface area contributed by atoms with Crippen LogP contribution in [0.3, 0.4) is 0 Å². The first-order valence-corrected chi connectivity index (χ1v) is 16.2. The van der Waals surface area contributed by atoms with Crippen molar-refractivity contribution in [2.45, 2.75) is 59.6 Å².